The van der Waals surface area contributed by atoms with Gasteiger partial charge in [-0.15, -0.1) is 0 Å². The molecule has 2 aliphatic heterocycles. The van der Waals surface area contributed by atoms with Crippen molar-refractivity contribution >= 4 is 0 Å². The molecule has 0 saturated carbocycles. The molecule has 0 N–H and O–H groups in total. The third kappa shape index (κ3) is 6.20. The molecule has 1 aromatic rings. The Labute approximate surface area is 158 Å². The quantitative estimate of drug-likeness (QED) is 0.505. The molecule has 0 aromatic heterocycles. The minimum atomic E-state index is 0. The molecule has 0 amide bonds. The van der Waals surface area contributed by atoms with Crippen molar-refractivity contribution in [1.82, 2.24) is 19.6 Å². The van der Waals surface area contributed by atoms with Crippen LogP contribution < -0.4 is 0 Å². The Morgan fingerprint density at radius 3 is 0.917 bits per heavy atom. The standard InChI is InChI=1S/2C7H13N2.C5H5.Ni/c2*1-6-7(2)9(4)5-8(6)3;1-2-4-5-3-1;/h2*5H,1-4H3;1-5H;/q3*-1;. The van der Waals surface area contributed by atoms with Gasteiger partial charge in [-0.3, -0.25) is 0 Å². The third-order valence-corrected chi connectivity index (χ3v) is 4.41. The summed E-state index contributed by atoms with van der Waals surface area (Å²) in [4.78, 5) is 8.48. The second-order valence-corrected chi connectivity index (χ2v) is 5.98. The first-order valence-electron chi connectivity index (χ1n) is 7.88. The molecule has 3 rings (SSSR count). The van der Waals surface area contributed by atoms with Gasteiger partial charge >= 0.3 is 0 Å². The van der Waals surface area contributed by atoms with E-state index < -0.39 is 0 Å². The van der Waals surface area contributed by atoms with Gasteiger partial charge in [-0.2, -0.15) is 31.5 Å². The number of rotatable bonds is 0. The first kappa shape index (κ1) is 22.5. The van der Waals surface area contributed by atoms with Gasteiger partial charge in [-0.05, 0) is 78.7 Å². The van der Waals surface area contributed by atoms with Crippen LogP contribution in [0.15, 0.2) is 53.1 Å². The van der Waals surface area contributed by atoms with E-state index in [9.17, 15) is 0 Å². The first-order valence-corrected chi connectivity index (χ1v) is 7.88. The van der Waals surface area contributed by atoms with Crippen LogP contribution in [0.4, 0.5) is 0 Å². The predicted molar refractivity (Wildman–Crippen MR) is 98.4 cm³/mol. The van der Waals surface area contributed by atoms with Crippen molar-refractivity contribution in [3.8, 4) is 0 Å². The van der Waals surface area contributed by atoms with Crippen LogP contribution in [-0.4, -0.2) is 47.8 Å². The van der Waals surface area contributed by atoms with Crippen molar-refractivity contribution in [3.63, 3.8) is 0 Å². The van der Waals surface area contributed by atoms with Gasteiger partial charge in [-0.25, -0.2) is 12.1 Å². The van der Waals surface area contributed by atoms with Crippen molar-refractivity contribution in [2.24, 2.45) is 0 Å². The minimum absolute atomic E-state index is 0. The number of allylic oxidation sites excluding steroid dienone is 4. The van der Waals surface area contributed by atoms with Crippen molar-refractivity contribution in [3.05, 3.63) is 66.5 Å². The molecule has 0 radical (unpaired) electrons. The Morgan fingerprint density at radius 1 is 0.583 bits per heavy atom. The van der Waals surface area contributed by atoms with E-state index in [1.807, 2.05) is 30.3 Å². The summed E-state index contributed by atoms with van der Waals surface area (Å²) in [5.41, 5.74) is 5.32. The fourth-order valence-corrected chi connectivity index (χ4v) is 2.21. The summed E-state index contributed by atoms with van der Waals surface area (Å²) in [5.74, 6) is 0. The fraction of sp³-hybridized carbons (Fsp3) is 0.421. The van der Waals surface area contributed by atoms with Gasteiger partial charge in [0, 0.05) is 16.5 Å². The normalized spacial score (nSPS) is 16.7. The molecule has 0 atom stereocenters. The zero-order valence-corrected chi connectivity index (χ0v) is 17.1. The second kappa shape index (κ2) is 10.4. The van der Waals surface area contributed by atoms with E-state index in [1.165, 1.54) is 22.8 Å². The van der Waals surface area contributed by atoms with Crippen LogP contribution in [-0.2, 0) is 16.5 Å². The molecule has 0 aliphatic carbocycles. The Hall–Kier alpha value is -1.48. The van der Waals surface area contributed by atoms with Crippen molar-refractivity contribution in [1.29, 1.82) is 0 Å². The zero-order valence-electron chi connectivity index (χ0n) is 16.1. The molecule has 0 unspecified atom stereocenters. The summed E-state index contributed by atoms with van der Waals surface area (Å²) < 4.78 is 0. The van der Waals surface area contributed by atoms with Crippen LogP contribution >= 0.6 is 0 Å². The minimum Gasteiger partial charge on any atom is -0.508 e. The number of hydrogen-bond acceptors (Lipinski definition) is 4. The summed E-state index contributed by atoms with van der Waals surface area (Å²) in [5, 5.41) is 0. The van der Waals surface area contributed by atoms with E-state index in [0.29, 0.717) is 0 Å². The van der Waals surface area contributed by atoms with E-state index in [0.717, 1.165) is 0 Å². The predicted octanol–water partition coefficient (Wildman–Crippen LogP) is 3.87. The van der Waals surface area contributed by atoms with Gasteiger partial charge < -0.3 is 19.6 Å². The molecule has 5 heteroatoms. The van der Waals surface area contributed by atoms with E-state index >= 15 is 0 Å². The van der Waals surface area contributed by atoms with E-state index in [4.69, 9.17) is 0 Å². The monoisotopic (exact) mass is 373 g/mol. The average Bonchev–Trinajstić information content (AvgIpc) is 3.21. The molecule has 140 valence electrons. The molecule has 0 bridgehead atoms. The van der Waals surface area contributed by atoms with Gasteiger partial charge in [-0.1, -0.05) is 0 Å². The second-order valence-electron chi connectivity index (χ2n) is 5.98. The summed E-state index contributed by atoms with van der Waals surface area (Å²) in [7, 11) is 8.23. The van der Waals surface area contributed by atoms with Crippen molar-refractivity contribution in [2.75, 3.05) is 28.2 Å². The Bertz CT molecular complexity index is 448. The van der Waals surface area contributed by atoms with Crippen LogP contribution in [0, 0.1) is 13.3 Å². The van der Waals surface area contributed by atoms with Gasteiger partial charge in [0.05, 0.1) is 0 Å². The summed E-state index contributed by atoms with van der Waals surface area (Å²) in [6, 6.07) is 10.0. The molecule has 0 saturated heterocycles. The zero-order chi connectivity index (χ0) is 17.6. The van der Waals surface area contributed by atoms with E-state index in [2.05, 4.69) is 88.8 Å². The Morgan fingerprint density at radius 2 is 0.833 bits per heavy atom. The molecule has 0 spiro atoms. The maximum Gasteiger partial charge on any atom is 0 e. The third-order valence-electron chi connectivity index (χ3n) is 4.41. The molecular weight excluding hydrogens is 343 g/mol. The fourth-order valence-electron chi connectivity index (χ4n) is 2.21. The molecule has 2 heterocycles. The molecule has 4 nitrogen and oxygen atoms in total. The van der Waals surface area contributed by atoms with Crippen LogP contribution in [0.2, 0.25) is 0 Å². The molecular formula is C19H31N4Ni-3. The smallest absolute Gasteiger partial charge is 0 e. The van der Waals surface area contributed by atoms with Gasteiger partial charge in [0.1, 0.15) is 0 Å². The van der Waals surface area contributed by atoms with Crippen LogP contribution in [0.25, 0.3) is 0 Å². The first-order chi connectivity index (χ1) is 10.8. The summed E-state index contributed by atoms with van der Waals surface area (Å²) in [6.07, 6.45) is 0. The number of hydrogen-bond donors (Lipinski definition) is 0. The van der Waals surface area contributed by atoms with Crippen LogP contribution in [0.1, 0.15) is 27.7 Å². The van der Waals surface area contributed by atoms with E-state index in [-0.39, 0.29) is 16.5 Å². The van der Waals surface area contributed by atoms with Gasteiger partial charge in [0.2, 0.25) is 0 Å². The SMILES string of the molecule is CC1=C(C)N(C)[CH-]N1C.CC1=C(C)N(C)[CH-]N1C.[Ni].c1cc[cH-]c1. The molecule has 0 fully saturated rings. The van der Waals surface area contributed by atoms with Crippen LogP contribution in [0.3, 0.4) is 0 Å². The molecule has 1 aromatic carbocycles. The average molecular weight is 374 g/mol. The summed E-state index contributed by atoms with van der Waals surface area (Å²) in [6.45, 7) is 12.6. The van der Waals surface area contributed by atoms with E-state index in [1.54, 1.807) is 0 Å². The topological polar surface area (TPSA) is 13.0 Å². The maximum atomic E-state index is 2.12. The molecule has 2 aliphatic rings. The largest absolute Gasteiger partial charge is 0.508 e. The number of nitrogens with zero attached hydrogens (tertiary/aromatic N) is 4. The van der Waals surface area contributed by atoms with Gasteiger partial charge in [0.15, 0.2) is 0 Å². The van der Waals surface area contributed by atoms with Crippen LogP contribution in [0.5, 0.6) is 0 Å². The van der Waals surface area contributed by atoms with Gasteiger partial charge in [0.25, 0.3) is 0 Å². The Balaban J connectivity index is 0.000000337. The van der Waals surface area contributed by atoms with Crippen molar-refractivity contribution in [2.45, 2.75) is 27.7 Å². The maximum absolute atomic E-state index is 2.12. The molecule has 24 heavy (non-hydrogen) atoms. The summed E-state index contributed by atoms with van der Waals surface area (Å²) >= 11 is 0. The van der Waals surface area contributed by atoms with Crippen molar-refractivity contribution < 1.29 is 16.5 Å². The Kier molecular flexibility index (Phi) is 9.76.